The molecule has 0 spiro atoms. The molecule has 5 rings (SSSR count). The van der Waals surface area contributed by atoms with Gasteiger partial charge in [-0.1, -0.05) is 137 Å². The minimum absolute atomic E-state index is 0.0172. The SMILES string of the molecule is COc1ccccc1NC(C#Cc1ccccc1)CC(=O)Oc1c(-c2ccccc2C(C)C)cccc1-c1ccccc1C(C)C. The van der Waals surface area contributed by atoms with Crippen molar-refractivity contribution < 1.29 is 14.3 Å². The summed E-state index contributed by atoms with van der Waals surface area (Å²) in [5.41, 5.74) is 7.89. The van der Waals surface area contributed by atoms with Crippen LogP contribution >= 0.6 is 0 Å². The molecule has 0 radical (unpaired) electrons. The molecule has 0 aliphatic heterocycles. The van der Waals surface area contributed by atoms with E-state index in [0.717, 1.165) is 33.5 Å². The van der Waals surface area contributed by atoms with Gasteiger partial charge in [0.25, 0.3) is 0 Å². The van der Waals surface area contributed by atoms with E-state index in [4.69, 9.17) is 9.47 Å². The smallest absolute Gasteiger partial charge is 0.314 e. The van der Waals surface area contributed by atoms with Crippen molar-refractivity contribution in [2.45, 2.75) is 52.0 Å². The average molecular weight is 608 g/mol. The molecule has 4 nitrogen and oxygen atoms in total. The molecule has 0 saturated carbocycles. The number of hydrogen-bond donors (Lipinski definition) is 1. The summed E-state index contributed by atoms with van der Waals surface area (Å²) < 4.78 is 12.0. The van der Waals surface area contributed by atoms with Gasteiger partial charge in [0, 0.05) is 16.7 Å². The van der Waals surface area contributed by atoms with E-state index in [0.29, 0.717) is 11.5 Å². The van der Waals surface area contributed by atoms with E-state index in [9.17, 15) is 4.79 Å². The Balaban J connectivity index is 1.57. The van der Waals surface area contributed by atoms with Crippen molar-refractivity contribution in [1.29, 1.82) is 0 Å². The predicted molar refractivity (Wildman–Crippen MR) is 189 cm³/mol. The summed E-state index contributed by atoms with van der Waals surface area (Å²) in [4.78, 5) is 14.0. The van der Waals surface area contributed by atoms with Gasteiger partial charge < -0.3 is 14.8 Å². The van der Waals surface area contributed by atoms with Crippen LogP contribution in [0.2, 0.25) is 0 Å². The van der Waals surface area contributed by atoms with E-state index >= 15 is 0 Å². The summed E-state index contributed by atoms with van der Waals surface area (Å²) >= 11 is 0. The average Bonchev–Trinajstić information content (AvgIpc) is 3.08. The molecule has 1 N–H and O–H groups in total. The fourth-order valence-electron chi connectivity index (χ4n) is 5.67. The van der Waals surface area contributed by atoms with Crippen LogP contribution < -0.4 is 14.8 Å². The van der Waals surface area contributed by atoms with Gasteiger partial charge in [-0.25, -0.2) is 0 Å². The molecule has 4 heteroatoms. The van der Waals surface area contributed by atoms with Crippen LogP contribution in [0.3, 0.4) is 0 Å². The van der Waals surface area contributed by atoms with Gasteiger partial charge in [-0.15, -0.1) is 0 Å². The van der Waals surface area contributed by atoms with Gasteiger partial charge in [0.15, 0.2) is 0 Å². The molecule has 0 aliphatic rings. The van der Waals surface area contributed by atoms with Crippen LogP contribution in [0, 0.1) is 11.8 Å². The van der Waals surface area contributed by atoms with Crippen molar-refractivity contribution in [2.75, 3.05) is 12.4 Å². The highest BCUT2D eigenvalue weighted by molar-refractivity contribution is 5.89. The third kappa shape index (κ3) is 7.68. The molecule has 0 bridgehead atoms. The Morgan fingerprint density at radius 1 is 0.652 bits per heavy atom. The van der Waals surface area contributed by atoms with Crippen molar-refractivity contribution in [2.24, 2.45) is 0 Å². The number of para-hydroxylation sites is 3. The Morgan fingerprint density at radius 3 is 1.76 bits per heavy atom. The number of anilines is 1. The van der Waals surface area contributed by atoms with Crippen molar-refractivity contribution in [3.8, 4) is 45.6 Å². The highest BCUT2D eigenvalue weighted by atomic mass is 16.5. The zero-order valence-corrected chi connectivity index (χ0v) is 27.2. The van der Waals surface area contributed by atoms with E-state index in [1.165, 1.54) is 11.1 Å². The second-order valence-corrected chi connectivity index (χ2v) is 11.9. The van der Waals surface area contributed by atoms with E-state index in [2.05, 4.69) is 81.3 Å². The van der Waals surface area contributed by atoms with Crippen molar-refractivity contribution in [3.05, 3.63) is 138 Å². The Labute approximate surface area is 273 Å². The summed E-state index contributed by atoms with van der Waals surface area (Å²) in [7, 11) is 1.63. The number of esters is 1. The third-order valence-corrected chi connectivity index (χ3v) is 7.95. The van der Waals surface area contributed by atoms with Crippen LogP contribution in [-0.2, 0) is 4.79 Å². The Hall–Kier alpha value is -5.27. The number of benzene rings is 5. The summed E-state index contributed by atoms with van der Waals surface area (Å²) in [5, 5.41) is 3.43. The van der Waals surface area contributed by atoms with Gasteiger partial charge >= 0.3 is 5.97 Å². The molecule has 1 atom stereocenters. The quantitative estimate of drug-likeness (QED) is 0.0975. The summed E-state index contributed by atoms with van der Waals surface area (Å²) in [6, 6.07) is 39.7. The number of methoxy groups -OCH3 is 1. The maximum atomic E-state index is 14.0. The molecule has 0 fully saturated rings. The van der Waals surface area contributed by atoms with Gasteiger partial charge in [-0.3, -0.25) is 4.79 Å². The van der Waals surface area contributed by atoms with E-state index < -0.39 is 6.04 Å². The van der Waals surface area contributed by atoms with Crippen molar-refractivity contribution in [1.82, 2.24) is 0 Å². The van der Waals surface area contributed by atoms with Crippen LogP contribution in [0.15, 0.2) is 121 Å². The van der Waals surface area contributed by atoms with Crippen LogP contribution in [0.25, 0.3) is 22.3 Å². The van der Waals surface area contributed by atoms with Crippen molar-refractivity contribution >= 4 is 11.7 Å². The topological polar surface area (TPSA) is 47.6 Å². The van der Waals surface area contributed by atoms with Crippen LogP contribution in [0.4, 0.5) is 5.69 Å². The highest BCUT2D eigenvalue weighted by Crippen LogP contribution is 2.43. The lowest BCUT2D eigenvalue weighted by Crippen LogP contribution is -2.25. The van der Waals surface area contributed by atoms with Gasteiger partial charge in [-0.2, -0.15) is 0 Å². The monoisotopic (exact) mass is 607 g/mol. The van der Waals surface area contributed by atoms with Gasteiger partial charge in [0.1, 0.15) is 11.5 Å². The van der Waals surface area contributed by atoms with E-state index in [1.54, 1.807) is 7.11 Å². The molecule has 0 aromatic heterocycles. The van der Waals surface area contributed by atoms with Gasteiger partial charge in [-0.05, 0) is 58.4 Å². The third-order valence-electron chi connectivity index (χ3n) is 7.95. The minimum Gasteiger partial charge on any atom is -0.495 e. The largest absolute Gasteiger partial charge is 0.495 e. The van der Waals surface area contributed by atoms with Gasteiger partial charge in [0.05, 0.1) is 25.3 Å². The normalized spacial score (nSPS) is 11.5. The molecule has 0 heterocycles. The lowest BCUT2D eigenvalue weighted by Gasteiger charge is -2.21. The van der Waals surface area contributed by atoms with E-state index in [1.807, 2.05) is 84.9 Å². The zero-order chi connectivity index (χ0) is 32.5. The zero-order valence-electron chi connectivity index (χ0n) is 27.2. The molecule has 5 aromatic carbocycles. The molecular weight excluding hydrogens is 566 g/mol. The fourth-order valence-corrected chi connectivity index (χ4v) is 5.67. The molecule has 0 amide bonds. The number of ether oxygens (including phenoxy) is 2. The molecule has 46 heavy (non-hydrogen) atoms. The summed E-state index contributed by atoms with van der Waals surface area (Å²) in [6.45, 7) is 8.73. The second-order valence-electron chi connectivity index (χ2n) is 11.9. The summed E-state index contributed by atoms with van der Waals surface area (Å²) in [6.07, 6.45) is 0.0172. The fraction of sp³-hybridized carbons (Fsp3) is 0.214. The molecule has 1 unspecified atom stereocenters. The molecule has 232 valence electrons. The predicted octanol–water partition coefficient (Wildman–Crippen LogP) is 10.1. The number of rotatable bonds is 10. The molecule has 0 saturated heterocycles. The van der Waals surface area contributed by atoms with Crippen LogP contribution in [-0.4, -0.2) is 19.1 Å². The highest BCUT2D eigenvalue weighted by Gasteiger charge is 2.23. The Kier molecular flexibility index (Phi) is 10.6. The lowest BCUT2D eigenvalue weighted by molar-refractivity contribution is -0.134. The van der Waals surface area contributed by atoms with Crippen molar-refractivity contribution in [3.63, 3.8) is 0 Å². The maximum Gasteiger partial charge on any atom is 0.314 e. The number of carbonyl (C=O) groups excluding carboxylic acids is 1. The molecular formula is C42H41NO3. The first-order valence-electron chi connectivity index (χ1n) is 15.8. The van der Waals surface area contributed by atoms with Crippen LogP contribution in [0.5, 0.6) is 11.5 Å². The standard InChI is InChI=1S/C42H41NO3/c1-29(2)33-18-9-11-20-35(33)37-22-15-23-38(36-21-12-10-19-34(36)30(3)4)42(37)46-41(44)28-32(27-26-31-16-7-6-8-17-31)43-39-24-13-14-25-40(39)45-5/h6-25,29-30,32,43H,28H2,1-5H3. The number of nitrogens with one attached hydrogen (secondary N) is 1. The number of carbonyl (C=O) groups is 1. The Morgan fingerprint density at radius 2 is 1.17 bits per heavy atom. The molecule has 5 aromatic rings. The first-order valence-corrected chi connectivity index (χ1v) is 15.8. The first kappa shape index (κ1) is 32.1. The summed E-state index contributed by atoms with van der Waals surface area (Å²) in [5.74, 6) is 7.92. The van der Waals surface area contributed by atoms with Crippen LogP contribution in [0.1, 0.15) is 62.6 Å². The maximum absolute atomic E-state index is 14.0. The second kappa shape index (κ2) is 15.1. The van der Waals surface area contributed by atoms with Gasteiger partial charge in [0.2, 0.25) is 0 Å². The minimum atomic E-state index is -0.537. The molecule has 0 aliphatic carbocycles. The lowest BCUT2D eigenvalue weighted by atomic mass is 9.87. The Bertz CT molecular complexity index is 1780. The first-order chi connectivity index (χ1) is 22.4. The number of hydrogen-bond acceptors (Lipinski definition) is 4. The van der Waals surface area contributed by atoms with E-state index in [-0.39, 0.29) is 24.2 Å².